The van der Waals surface area contributed by atoms with Crippen molar-refractivity contribution in [3.63, 3.8) is 0 Å². The van der Waals surface area contributed by atoms with Crippen LogP contribution in [0.15, 0.2) is 60.9 Å². The van der Waals surface area contributed by atoms with E-state index < -0.39 is 0 Å². The Balaban J connectivity index is 1.35. The minimum absolute atomic E-state index is 0.124. The first-order valence-electron chi connectivity index (χ1n) is 12.4. The monoisotopic (exact) mass is 487 g/mol. The Kier molecular flexibility index (Phi) is 8.82. The number of carbonyl (C=O) groups is 2. The van der Waals surface area contributed by atoms with Crippen LogP contribution in [0, 0.1) is 0 Å². The topological polar surface area (TPSA) is 111 Å². The summed E-state index contributed by atoms with van der Waals surface area (Å²) >= 11 is 0. The van der Waals surface area contributed by atoms with Crippen LogP contribution in [0.5, 0.6) is 0 Å². The number of hydrogen-bond acceptors (Lipinski definition) is 6. The van der Waals surface area contributed by atoms with E-state index in [1.54, 1.807) is 12.4 Å². The standard InChI is InChI=1S/C27H33N7O2/c1-2-29-25-23(26(35)30-14-17-34-15-3-4-16-34)11-12-24(33-25)21-7-9-22(10-8-21)32-27(36)31-19-20-6-5-13-28-18-20/h5-13,18H,2-4,14-17,19H2,1H3,(H,29,33)(H,30,35)(H2,31,32,36). The van der Waals surface area contributed by atoms with Crippen LogP contribution in [-0.2, 0) is 6.54 Å². The van der Waals surface area contributed by atoms with Crippen LogP contribution in [0.4, 0.5) is 16.3 Å². The number of rotatable bonds is 10. The van der Waals surface area contributed by atoms with Gasteiger partial charge in [-0.15, -0.1) is 0 Å². The highest BCUT2D eigenvalue weighted by Crippen LogP contribution is 2.23. The molecule has 0 radical (unpaired) electrons. The number of urea groups is 1. The van der Waals surface area contributed by atoms with Crippen LogP contribution in [0.2, 0.25) is 0 Å². The van der Waals surface area contributed by atoms with E-state index in [1.165, 1.54) is 12.8 Å². The maximum Gasteiger partial charge on any atom is 0.319 e. The summed E-state index contributed by atoms with van der Waals surface area (Å²) in [6.45, 7) is 6.74. The van der Waals surface area contributed by atoms with Gasteiger partial charge in [0.25, 0.3) is 5.91 Å². The fraction of sp³-hybridized carbons (Fsp3) is 0.333. The summed E-state index contributed by atoms with van der Waals surface area (Å²) in [5.74, 6) is 0.437. The van der Waals surface area contributed by atoms with Crippen LogP contribution >= 0.6 is 0 Å². The van der Waals surface area contributed by atoms with Gasteiger partial charge >= 0.3 is 6.03 Å². The fourth-order valence-corrected chi connectivity index (χ4v) is 4.12. The van der Waals surface area contributed by atoms with Crippen molar-refractivity contribution in [3.8, 4) is 11.3 Å². The predicted octanol–water partition coefficient (Wildman–Crippen LogP) is 3.72. The lowest BCUT2D eigenvalue weighted by molar-refractivity contribution is 0.0950. The second-order valence-electron chi connectivity index (χ2n) is 8.67. The molecule has 0 saturated carbocycles. The van der Waals surface area contributed by atoms with Gasteiger partial charge in [0, 0.05) is 49.8 Å². The van der Waals surface area contributed by atoms with Crippen LogP contribution in [0.3, 0.4) is 0 Å². The normalized spacial score (nSPS) is 13.2. The molecule has 3 amide bonds. The lowest BCUT2D eigenvalue weighted by Crippen LogP contribution is -2.33. The molecule has 2 aromatic heterocycles. The number of likely N-dealkylation sites (tertiary alicyclic amines) is 1. The van der Waals surface area contributed by atoms with Crippen molar-refractivity contribution in [1.82, 2.24) is 25.5 Å². The van der Waals surface area contributed by atoms with Crippen molar-refractivity contribution in [2.75, 3.05) is 43.4 Å². The highest BCUT2D eigenvalue weighted by atomic mass is 16.2. The highest BCUT2D eigenvalue weighted by Gasteiger charge is 2.16. The molecule has 4 rings (SSSR count). The molecule has 1 saturated heterocycles. The predicted molar refractivity (Wildman–Crippen MR) is 142 cm³/mol. The van der Waals surface area contributed by atoms with Crippen molar-refractivity contribution in [2.24, 2.45) is 0 Å². The Bertz CT molecular complexity index is 1150. The van der Waals surface area contributed by atoms with E-state index in [0.717, 1.165) is 36.5 Å². The molecule has 0 unspecified atom stereocenters. The van der Waals surface area contributed by atoms with Crippen molar-refractivity contribution < 1.29 is 9.59 Å². The number of nitrogens with zero attached hydrogens (tertiary/aromatic N) is 3. The fourth-order valence-electron chi connectivity index (χ4n) is 4.12. The number of amides is 3. The molecular formula is C27H33N7O2. The lowest BCUT2D eigenvalue weighted by atomic mass is 10.1. The van der Waals surface area contributed by atoms with Crippen LogP contribution < -0.4 is 21.3 Å². The van der Waals surface area contributed by atoms with Gasteiger partial charge in [0.05, 0.1) is 11.3 Å². The van der Waals surface area contributed by atoms with E-state index in [4.69, 9.17) is 4.98 Å². The summed E-state index contributed by atoms with van der Waals surface area (Å²) in [5.41, 5.74) is 3.76. The van der Waals surface area contributed by atoms with Gasteiger partial charge in [0.1, 0.15) is 5.82 Å². The molecule has 1 aliphatic rings. The maximum absolute atomic E-state index is 12.8. The molecule has 1 fully saturated rings. The van der Waals surface area contributed by atoms with Crippen LogP contribution in [0.1, 0.15) is 35.7 Å². The molecule has 1 aliphatic heterocycles. The number of anilines is 2. The number of pyridine rings is 2. The molecule has 9 nitrogen and oxygen atoms in total. The van der Waals surface area contributed by atoms with E-state index in [9.17, 15) is 9.59 Å². The van der Waals surface area contributed by atoms with Gasteiger partial charge in [-0.3, -0.25) is 9.78 Å². The Morgan fingerprint density at radius 1 is 1.00 bits per heavy atom. The first-order valence-corrected chi connectivity index (χ1v) is 12.4. The third kappa shape index (κ3) is 7.02. The van der Waals surface area contributed by atoms with Gasteiger partial charge in [0.15, 0.2) is 0 Å². The SMILES string of the molecule is CCNc1nc(-c2ccc(NC(=O)NCc3cccnc3)cc2)ccc1C(=O)NCCN1CCCC1. The molecule has 3 heterocycles. The molecule has 188 valence electrons. The summed E-state index contributed by atoms with van der Waals surface area (Å²) in [6.07, 6.45) is 5.88. The smallest absolute Gasteiger partial charge is 0.319 e. The minimum Gasteiger partial charge on any atom is -0.370 e. The summed E-state index contributed by atoms with van der Waals surface area (Å²) < 4.78 is 0. The molecule has 9 heteroatoms. The molecular weight excluding hydrogens is 454 g/mol. The van der Waals surface area contributed by atoms with E-state index in [0.29, 0.717) is 36.7 Å². The largest absolute Gasteiger partial charge is 0.370 e. The van der Waals surface area contributed by atoms with Gasteiger partial charge < -0.3 is 26.2 Å². The van der Waals surface area contributed by atoms with Gasteiger partial charge in [-0.2, -0.15) is 0 Å². The van der Waals surface area contributed by atoms with E-state index in [2.05, 4.69) is 31.2 Å². The van der Waals surface area contributed by atoms with E-state index in [1.807, 2.05) is 55.5 Å². The molecule has 36 heavy (non-hydrogen) atoms. The first-order chi connectivity index (χ1) is 17.6. The highest BCUT2D eigenvalue weighted by molar-refractivity contribution is 5.99. The molecule has 3 aromatic rings. The summed E-state index contributed by atoms with van der Waals surface area (Å²) in [5, 5.41) is 11.9. The van der Waals surface area contributed by atoms with Crippen LogP contribution in [0.25, 0.3) is 11.3 Å². The third-order valence-electron chi connectivity index (χ3n) is 6.01. The first kappa shape index (κ1) is 25.1. The second-order valence-corrected chi connectivity index (χ2v) is 8.67. The molecule has 0 bridgehead atoms. The van der Waals surface area contributed by atoms with E-state index >= 15 is 0 Å². The average molecular weight is 488 g/mol. The maximum atomic E-state index is 12.8. The number of hydrogen-bond donors (Lipinski definition) is 4. The van der Waals surface area contributed by atoms with E-state index in [-0.39, 0.29) is 11.9 Å². The Hall–Kier alpha value is -3.98. The van der Waals surface area contributed by atoms with Gasteiger partial charge in [-0.1, -0.05) is 18.2 Å². The number of benzene rings is 1. The zero-order valence-electron chi connectivity index (χ0n) is 20.6. The third-order valence-corrected chi connectivity index (χ3v) is 6.01. The molecule has 4 N–H and O–H groups in total. The average Bonchev–Trinajstić information content (AvgIpc) is 3.42. The van der Waals surface area contributed by atoms with Crippen molar-refractivity contribution in [2.45, 2.75) is 26.3 Å². The molecule has 0 spiro atoms. The quantitative estimate of drug-likeness (QED) is 0.347. The number of carbonyl (C=O) groups excluding carboxylic acids is 2. The summed E-state index contributed by atoms with van der Waals surface area (Å²) in [4.78, 5) is 36.1. The van der Waals surface area contributed by atoms with Gasteiger partial charge in [0.2, 0.25) is 0 Å². The molecule has 0 atom stereocenters. The zero-order valence-corrected chi connectivity index (χ0v) is 20.6. The summed E-state index contributed by atoms with van der Waals surface area (Å²) in [6, 6.07) is 14.5. The Morgan fingerprint density at radius 2 is 1.81 bits per heavy atom. The second kappa shape index (κ2) is 12.6. The number of nitrogens with one attached hydrogen (secondary N) is 4. The Morgan fingerprint density at radius 3 is 2.53 bits per heavy atom. The van der Waals surface area contributed by atoms with Crippen LogP contribution in [-0.4, -0.2) is 59.5 Å². The summed E-state index contributed by atoms with van der Waals surface area (Å²) in [7, 11) is 0. The zero-order chi connectivity index (χ0) is 25.2. The van der Waals surface area contributed by atoms with Crippen molar-refractivity contribution >= 4 is 23.4 Å². The molecule has 0 aliphatic carbocycles. The molecule has 1 aromatic carbocycles. The Labute approximate surface area is 211 Å². The van der Waals surface area contributed by atoms with Crippen molar-refractivity contribution in [3.05, 3.63) is 72.1 Å². The number of aromatic nitrogens is 2. The lowest BCUT2D eigenvalue weighted by Gasteiger charge is -2.16. The minimum atomic E-state index is -0.292. The van der Waals surface area contributed by atoms with Gasteiger partial charge in [-0.05, 0) is 68.8 Å². The van der Waals surface area contributed by atoms with Gasteiger partial charge in [-0.25, -0.2) is 9.78 Å². The van der Waals surface area contributed by atoms with Crippen molar-refractivity contribution in [1.29, 1.82) is 0 Å².